The Kier molecular flexibility index (Phi) is 5.53. The fourth-order valence-corrected chi connectivity index (χ4v) is 1.75. The van der Waals surface area contributed by atoms with Crippen LogP contribution in [0, 0.1) is 0 Å². The van der Waals surface area contributed by atoms with Crippen LogP contribution in [0.5, 0.6) is 0 Å². The van der Waals surface area contributed by atoms with Crippen molar-refractivity contribution in [1.82, 2.24) is 5.32 Å². The zero-order valence-corrected chi connectivity index (χ0v) is 9.79. The predicted molar refractivity (Wildman–Crippen MR) is 59.0 cm³/mol. The normalized spacial score (nSPS) is 29.0. The van der Waals surface area contributed by atoms with Crippen molar-refractivity contribution in [3.8, 4) is 0 Å². The van der Waals surface area contributed by atoms with Gasteiger partial charge in [-0.3, -0.25) is 0 Å². The van der Waals surface area contributed by atoms with Gasteiger partial charge in [0.05, 0.1) is 19.3 Å². The first kappa shape index (κ1) is 12.9. The van der Waals surface area contributed by atoms with E-state index in [0.29, 0.717) is 19.8 Å². The zero-order chi connectivity index (χ0) is 11.1. The highest BCUT2D eigenvalue weighted by molar-refractivity contribution is 4.86. The van der Waals surface area contributed by atoms with Crippen molar-refractivity contribution < 1.29 is 14.6 Å². The molecular weight excluding hydrogens is 194 g/mol. The van der Waals surface area contributed by atoms with Gasteiger partial charge in [-0.05, 0) is 26.7 Å². The molecule has 90 valence electrons. The Morgan fingerprint density at radius 3 is 3.00 bits per heavy atom. The van der Waals surface area contributed by atoms with Gasteiger partial charge in [-0.15, -0.1) is 0 Å². The minimum atomic E-state index is -0.427. The SMILES string of the molecule is CCOCC(O)CNC1(C)CCCOC1. The lowest BCUT2D eigenvalue weighted by molar-refractivity contribution is 0.00806. The Labute approximate surface area is 92.0 Å². The van der Waals surface area contributed by atoms with E-state index in [2.05, 4.69) is 12.2 Å². The number of hydrogen-bond donors (Lipinski definition) is 2. The van der Waals surface area contributed by atoms with Crippen molar-refractivity contribution in [3.63, 3.8) is 0 Å². The third-order valence-electron chi connectivity index (χ3n) is 2.72. The largest absolute Gasteiger partial charge is 0.389 e. The lowest BCUT2D eigenvalue weighted by Crippen LogP contribution is -2.51. The van der Waals surface area contributed by atoms with E-state index >= 15 is 0 Å². The van der Waals surface area contributed by atoms with Gasteiger partial charge < -0.3 is 19.9 Å². The van der Waals surface area contributed by atoms with Crippen molar-refractivity contribution >= 4 is 0 Å². The molecule has 0 radical (unpaired) electrons. The molecular formula is C11H23NO3. The first-order valence-electron chi connectivity index (χ1n) is 5.75. The molecule has 0 aliphatic carbocycles. The fraction of sp³-hybridized carbons (Fsp3) is 1.00. The maximum atomic E-state index is 9.60. The van der Waals surface area contributed by atoms with Crippen LogP contribution in [0.4, 0.5) is 0 Å². The van der Waals surface area contributed by atoms with Crippen LogP contribution in [0.3, 0.4) is 0 Å². The third kappa shape index (κ3) is 4.93. The number of hydrogen-bond acceptors (Lipinski definition) is 4. The Bertz CT molecular complexity index is 169. The third-order valence-corrected chi connectivity index (χ3v) is 2.72. The molecule has 2 unspecified atom stereocenters. The Balaban J connectivity index is 2.16. The molecule has 1 saturated heterocycles. The average molecular weight is 217 g/mol. The molecule has 0 bridgehead atoms. The number of rotatable bonds is 6. The molecule has 1 aliphatic rings. The van der Waals surface area contributed by atoms with Crippen molar-refractivity contribution in [2.24, 2.45) is 0 Å². The van der Waals surface area contributed by atoms with E-state index in [1.165, 1.54) is 0 Å². The molecule has 15 heavy (non-hydrogen) atoms. The van der Waals surface area contributed by atoms with Crippen LogP contribution in [-0.4, -0.2) is 49.7 Å². The lowest BCUT2D eigenvalue weighted by atomic mass is 9.95. The summed E-state index contributed by atoms with van der Waals surface area (Å²) in [5, 5.41) is 12.9. The number of β-amino-alcohol motifs (C(OH)–C–C–N with tert-alkyl or cyclic N) is 1. The van der Waals surface area contributed by atoms with E-state index in [4.69, 9.17) is 9.47 Å². The molecule has 1 fully saturated rings. The maximum Gasteiger partial charge on any atom is 0.0897 e. The first-order chi connectivity index (χ1) is 7.16. The van der Waals surface area contributed by atoms with Gasteiger partial charge in [-0.1, -0.05) is 0 Å². The van der Waals surface area contributed by atoms with Gasteiger partial charge in [0.1, 0.15) is 0 Å². The lowest BCUT2D eigenvalue weighted by Gasteiger charge is -2.35. The fourth-order valence-electron chi connectivity index (χ4n) is 1.75. The van der Waals surface area contributed by atoms with Gasteiger partial charge >= 0.3 is 0 Å². The summed E-state index contributed by atoms with van der Waals surface area (Å²) in [6, 6.07) is 0. The van der Waals surface area contributed by atoms with E-state index in [1.54, 1.807) is 0 Å². The second-order valence-electron chi connectivity index (χ2n) is 4.41. The number of ether oxygens (including phenoxy) is 2. The molecule has 2 N–H and O–H groups in total. The second kappa shape index (κ2) is 6.43. The van der Waals surface area contributed by atoms with Crippen LogP contribution in [0.15, 0.2) is 0 Å². The van der Waals surface area contributed by atoms with E-state index < -0.39 is 6.10 Å². The van der Waals surface area contributed by atoms with E-state index in [1.807, 2.05) is 6.92 Å². The van der Waals surface area contributed by atoms with Gasteiger partial charge in [0.15, 0.2) is 0 Å². The highest BCUT2D eigenvalue weighted by atomic mass is 16.5. The summed E-state index contributed by atoms with van der Waals surface area (Å²) in [5.74, 6) is 0. The zero-order valence-electron chi connectivity index (χ0n) is 9.79. The molecule has 0 spiro atoms. The van der Waals surface area contributed by atoms with Gasteiger partial charge in [-0.2, -0.15) is 0 Å². The molecule has 0 aromatic carbocycles. The molecule has 4 heteroatoms. The summed E-state index contributed by atoms with van der Waals surface area (Å²) < 4.78 is 10.6. The molecule has 1 heterocycles. The molecule has 0 aromatic heterocycles. The monoisotopic (exact) mass is 217 g/mol. The molecule has 4 nitrogen and oxygen atoms in total. The van der Waals surface area contributed by atoms with Gasteiger partial charge in [0.2, 0.25) is 0 Å². The Morgan fingerprint density at radius 2 is 2.40 bits per heavy atom. The summed E-state index contributed by atoms with van der Waals surface area (Å²) >= 11 is 0. The summed E-state index contributed by atoms with van der Waals surface area (Å²) in [5.41, 5.74) is 0.0193. The van der Waals surface area contributed by atoms with Crippen molar-refractivity contribution in [2.75, 3.05) is 33.0 Å². The van der Waals surface area contributed by atoms with Crippen LogP contribution < -0.4 is 5.32 Å². The van der Waals surface area contributed by atoms with E-state index in [-0.39, 0.29) is 5.54 Å². The highest BCUT2D eigenvalue weighted by Gasteiger charge is 2.27. The van der Waals surface area contributed by atoms with Crippen LogP contribution in [0.25, 0.3) is 0 Å². The molecule has 0 aromatic rings. The molecule has 1 aliphatic heterocycles. The number of aliphatic hydroxyl groups is 1. The van der Waals surface area contributed by atoms with E-state index in [9.17, 15) is 5.11 Å². The van der Waals surface area contributed by atoms with Crippen LogP contribution in [-0.2, 0) is 9.47 Å². The Morgan fingerprint density at radius 1 is 1.60 bits per heavy atom. The van der Waals surface area contributed by atoms with E-state index in [0.717, 1.165) is 26.1 Å². The minimum Gasteiger partial charge on any atom is -0.389 e. The quantitative estimate of drug-likeness (QED) is 0.682. The molecule has 2 atom stereocenters. The standard InChI is InChI=1S/C11H23NO3/c1-3-14-8-10(13)7-12-11(2)5-4-6-15-9-11/h10,12-13H,3-9H2,1-2H3. The first-order valence-corrected chi connectivity index (χ1v) is 5.75. The molecule has 0 amide bonds. The number of nitrogens with one attached hydrogen (secondary N) is 1. The summed E-state index contributed by atoms with van der Waals surface area (Å²) in [6.45, 7) is 7.28. The predicted octanol–water partition coefficient (Wildman–Crippen LogP) is 0.542. The van der Waals surface area contributed by atoms with Crippen molar-refractivity contribution in [3.05, 3.63) is 0 Å². The topological polar surface area (TPSA) is 50.7 Å². The molecule has 1 rings (SSSR count). The van der Waals surface area contributed by atoms with Crippen molar-refractivity contribution in [2.45, 2.75) is 38.3 Å². The van der Waals surface area contributed by atoms with Gasteiger partial charge in [0, 0.05) is 25.3 Å². The second-order valence-corrected chi connectivity index (χ2v) is 4.41. The van der Waals surface area contributed by atoms with Crippen LogP contribution >= 0.6 is 0 Å². The van der Waals surface area contributed by atoms with Crippen molar-refractivity contribution in [1.29, 1.82) is 0 Å². The summed E-state index contributed by atoms with van der Waals surface area (Å²) in [4.78, 5) is 0. The van der Waals surface area contributed by atoms with Crippen LogP contribution in [0.1, 0.15) is 26.7 Å². The average Bonchev–Trinajstić information content (AvgIpc) is 2.25. The molecule has 0 saturated carbocycles. The smallest absolute Gasteiger partial charge is 0.0897 e. The highest BCUT2D eigenvalue weighted by Crippen LogP contribution is 2.17. The Hall–Kier alpha value is -0.160. The number of aliphatic hydroxyl groups excluding tert-OH is 1. The minimum absolute atomic E-state index is 0.0193. The summed E-state index contributed by atoms with van der Waals surface area (Å²) in [7, 11) is 0. The van der Waals surface area contributed by atoms with Gasteiger partial charge in [0.25, 0.3) is 0 Å². The maximum absolute atomic E-state index is 9.60. The van der Waals surface area contributed by atoms with Crippen LogP contribution in [0.2, 0.25) is 0 Å². The summed E-state index contributed by atoms with van der Waals surface area (Å²) in [6.07, 6.45) is 1.77. The van der Waals surface area contributed by atoms with Gasteiger partial charge in [-0.25, -0.2) is 0 Å².